The second-order valence-electron chi connectivity index (χ2n) is 6.79. The molecule has 1 aromatic heterocycles. The summed E-state index contributed by atoms with van der Waals surface area (Å²) in [5.74, 6) is -0.243. The molecule has 3 aromatic rings. The number of carbonyl (C=O) groups is 1. The fraction of sp³-hybridized carbons (Fsp3) is 0.333. The molecule has 1 saturated carbocycles. The van der Waals surface area contributed by atoms with Gasteiger partial charge in [-0.3, -0.25) is 4.79 Å². The largest absolute Gasteiger partial charge is 0.455 e. The predicted molar refractivity (Wildman–Crippen MR) is 94.7 cm³/mol. The Bertz CT molecular complexity index is 906. The summed E-state index contributed by atoms with van der Waals surface area (Å²) in [6, 6.07) is 14.7. The Hall–Kier alpha value is -2.69. The van der Waals surface area contributed by atoms with Crippen molar-refractivity contribution in [2.75, 3.05) is 0 Å². The molecule has 4 rings (SSSR count). The monoisotopic (exact) mass is 353 g/mol. The number of hydrogen-bond donors (Lipinski definition) is 0. The second kappa shape index (κ2) is 7.28. The molecule has 2 aromatic carbocycles. The van der Waals surface area contributed by atoms with Crippen LogP contribution in [0.4, 0.5) is 4.39 Å². The van der Waals surface area contributed by atoms with E-state index in [2.05, 4.69) is 17.1 Å². The fourth-order valence-corrected chi connectivity index (χ4v) is 3.77. The Morgan fingerprint density at radius 2 is 2.00 bits per heavy atom. The topological polar surface area (TPSA) is 52.3 Å². The highest BCUT2D eigenvalue weighted by Gasteiger charge is 2.34. The summed E-state index contributed by atoms with van der Waals surface area (Å²) in [7, 11) is 0. The molecule has 26 heavy (non-hydrogen) atoms. The van der Waals surface area contributed by atoms with Crippen molar-refractivity contribution in [2.24, 2.45) is 11.8 Å². The van der Waals surface area contributed by atoms with Gasteiger partial charge in [-0.25, -0.2) is 9.37 Å². The number of oxazole rings is 1. The van der Waals surface area contributed by atoms with Crippen LogP contribution in [0, 0.1) is 17.7 Å². The summed E-state index contributed by atoms with van der Waals surface area (Å²) in [5.41, 5.74) is 1.77. The summed E-state index contributed by atoms with van der Waals surface area (Å²) >= 11 is 0. The lowest BCUT2D eigenvalue weighted by atomic mass is 9.90. The smallest absolute Gasteiger partial charge is 0.309 e. The first-order chi connectivity index (χ1) is 12.7. The number of carbonyl (C=O) groups excluding carboxylic acids is 1. The quantitative estimate of drug-likeness (QED) is 0.626. The summed E-state index contributed by atoms with van der Waals surface area (Å²) in [6.45, 7) is -0.0679. The van der Waals surface area contributed by atoms with Gasteiger partial charge in [0.25, 0.3) is 0 Å². The van der Waals surface area contributed by atoms with Crippen LogP contribution in [0.15, 0.2) is 52.9 Å². The minimum absolute atomic E-state index is 0.0679. The Labute approximate surface area is 151 Å². The van der Waals surface area contributed by atoms with Crippen LogP contribution < -0.4 is 0 Å². The van der Waals surface area contributed by atoms with Gasteiger partial charge in [-0.15, -0.1) is 0 Å². The van der Waals surface area contributed by atoms with Crippen molar-refractivity contribution in [2.45, 2.75) is 32.3 Å². The fourth-order valence-electron chi connectivity index (χ4n) is 3.77. The minimum atomic E-state index is -0.442. The SMILES string of the molecule is O=C(OCc1nc2c(F)cccc2o1)C1CCCC1Cc1ccccc1. The normalized spacial score (nSPS) is 19.7. The molecule has 1 aliphatic rings. The number of aromatic nitrogens is 1. The summed E-state index contributed by atoms with van der Waals surface area (Å²) in [4.78, 5) is 16.6. The van der Waals surface area contributed by atoms with Crippen LogP contribution in [0.1, 0.15) is 30.7 Å². The molecular weight excluding hydrogens is 333 g/mol. The number of hydrogen-bond acceptors (Lipinski definition) is 4. The molecule has 0 amide bonds. The molecule has 2 unspecified atom stereocenters. The molecule has 5 heteroatoms. The standard InChI is InChI=1S/C21H20FNO3/c22-17-10-5-11-18-20(17)23-19(26-18)13-25-21(24)16-9-4-8-15(16)12-14-6-2-1-3-7-14/h1-3,5-7,10-11,15-16H,4,8-9,12-13H2. The first-order valence-corrected chi connectivity index (χ1v) is 8.95. The predicted octanol–water partition coefficient (Wildman–Crippen LogP) is 4.67. The number of fused-ring (bicyclic) bond motifs is 1. The average molecular weight is 353 g/mol. The van der Waals surface area contributed by atoms with Gasteiger partial charge >= 0.3 is 5.97 Å². The third-order valence-electron chi connectivity index (χ3n) is 5.05. The zero-order valence-corrected chi connectivity index (χ0v) is 14.4. The lowest BCUT2D eigenvalue weighted by molar-refractivity contribution is -0.151. The highest BCUT2D eigenvalue weighted by Crippen LogP contribution is 2.35. The van der Waals surface area contributed by atoms with E-state index in [0.29, 0.717) is 11.5 Å². The summed E-state index contributed by atoms with van der Waals surface area (Å²) < 4.78 is 24.6. The van der Waals surface area contributed by atoms with Gasteiger partial charge in [-0.1, -0.05) is 42.8 Å². The Balaban J connectivity index is 1.39. The molecule has 1 fully saturated rings. The van der Waals surface area contributed by atoms with E-state index in [1.54, 1.807) is 12.1 Å². The lowest BCUT2D eigenvalue weighted by Crippen LogP contribution is -2.23. The molecule has 0 bridgehead atoms. The average Bonchev–Trinajstić information content (AvgIpc) is 3.28. The minimum Gasteiger partial charge on any atom is -0.455 e. The van der Waals surface area contributed by atoms with Gasteiger partial charge < -0.3 is 9.15 Å². The van der Waals surface area contributed by atoms with Crippen LogP contribution in [0.2, 0.25) is 0 Å². The van der Waals surface area contributed by atoms with Gasteiger partial charge in [0.15, 0.2) is 18.0 Å². The van der Waals surface area contributed by atoms with Gasteiger partial charge in [-0.05, 0) is 42.9 Å². The van der Waals surface area contributed by atoms with Crippen LogP contribution in [0.25, 0.3) is 11.1 Å². The number of para-hydroxylation sites is 1. The maximum atomic E-state index is 13.7. The zero-order valence-electron chi connectivity index (χ0n) is 14.4. The molecule has 134 valence electrons. The molecule has 0 spiro atoms. The number of rotatable bonds is 5. The number of nitrogens with zero attached hydrogens (tertiary/aromatic N) is 1. The number of ether oxygens (including phenoxy) is 1. The van der Waals surface area contributed by atoms with Gasteiger partial charge in [0, 0.05) is 0 Å². The lowest BCUT2D eigenvalue weighted by Gasteiger charge is -2.18. The number of esters is 1. The van der Waals surface area contributed by atoms with Crippen molar-refractivity contribution in [3.8, 4) is 0 Å². The van der Waals surface area contributed by atoms with Crippen molar-refractivity contribution in [3.05, 3.63) is 65.8 Å². The van der Waals surface area contributed by atoms with Crippen molar-refractivity contribution >= 4 is 17.1 Å². The molecule has 4 nitrogen and oxygen atoms in total. The van der Waals surface area contributed by atoms with E-state index >= 15 is 0 Å². The molecular formula is C21H20FNO3. The number of halogens is 1. The number of benzene rings is 2. The molecule has 1 heterocycles. The molecule has 2 atom stereocenters. The maximum absolute atomic E-state index is 13.7. The second-order valence-corrected chi connectivity index (χ2v) is 6.79. The Kier molecular flexibility index (Phi) is 4.69. The molecule has 0 aliphatic heterocycles. The van der Waals surface area contributed by atoms with E-state index in [9.17, 15) is 9.18 Å². The molecule has 0 saturated heterocycles. The zero-order chi connectivity index (χ0) is 17.9. The van der Waals surface area contributed by atoms with Crippen LogP contribution in [-0.4, -0.2) is 11.0 Å². The van der Waals surface area contributed by atoms with E-state index in [1.807, 2.05) is 18.2 Å². The molecule has 1 aliphatic carbocycles. The Morgan fingerprint density at radius 1 is 1.15 bits per heavy atom. The van der Waals surface area contributed by atoms with Gasteiger partial charge in [0.1, 0.15) is 5.52 Å². The van der Waals surface area contributed by atoms with E-state index in [1.165, 1.54) is 11.6 Å². The van der Waals surface area contributed by atoms with E-state index in [-0.39, 0.29) is 29.9 Å². The van der Waals surface area contributed by atoms with Crippen molar-refractivity contribution in [3.63, 3.8) is 0 Å². The van der Waals surface area contributed by atoms with Crippen molar-refractivity contribution < 1.29 is 18.3 Å². The summed E-state index contributed by atoms with van der Waals surface area (Å²) in [5, 5.41) is 0. The van der Waals surface area contributed by atoms with E-state index in [4.69, 9.17) is 9.15 Å². The maximum Gasteiger partial charge on any atom is 0.309 e. The highest BCUT2D eigenvalue weighted by atomic mass is 19.1. The third kappa shape index (κ3) is 3.47. The third-order valence-corrected chi connectivity index (χ3v) is 5.05. The first-order valence-electron chi connectivity index (χ1n) is 8.95. The van der Waals surface area contributed by atoms with Crippen molar-refractivity contribution in [1.82, 2.24) is 4.98 Å². The molecule has 0 N–H and O–H groups in total. The Morgan fingerprint density at radius 3 is 2.81 bits per heavy atom. The van der Waals surface area contributed by atoms with Gasteiger partial charge in [0.2, 0.25) is 5.89 Å². The van der Waals surface area contributed by atoms with Crippen molar-refractivity contribution in [1.29, 1.82) is 0 Å². The van der Waals surface area contributed by atoms with Gasteiger partial charge in [-0.2, -0.15) is 0 Å². The van der Waals surface area contributed by atoms with E-state index < -0.39 is 5.82 Å². The van der Waals surface area contributed by atoms with Crippen LogP contribution in [0.5, 0.6) is 0 Å². The van der Waals surface area contributed by atoms with Crippen LogP contribution in [0.3, 0.4) is 0 Å². The first kappa shape index (κ1) is 16.8. The molecule has 0 radical (unpaired) electrons. The van der Waals surface area contributed by atoms with E-state index in [0.717, 1.165) is 25.7 Å². The highest BCUT2D eigenvalue weighted by molar-refractivity contribution is 5.74. The van der Waals surface area contributed by atoms with Crippen LogP contribution in [-0.2, 0) is 22.6 Å². The van der Waals surface area contributed by atoms with Crippen LogP contribution >= 0.6 is 0 Å². The summed E-state index contributed by atoms with van der Waals surface area (Å²) in [6.07, 6.45) is 3.79. The van der Waals surface area contributed by atoms with Gasteiger partial charge in [0.05, 0.1) is 5.92 Å².